The molecule has 254 valence electrons. The Hall–Kier alpha value is -7.24. The molecular formula is C50H31BN4. The van der Waals surface area contributed by atoms with Gasteiger partial charge in [-0.25, -0.2) is 9.97 Å². The van der Waals surface area contributed by atoms with Crippen LogP contribution in [0.3, 0.4) is 0 Å². The van der Waals surface area contributed by atoms with Crippen LogP contribution in [0.1, 0.15) is 0 Å². The van der Waals surface area contributed by atoms with Crippen molar-refractivity contribution in [3.63, 3.8) is 0 Å². The van der Waals surface area contributed by atoms with Gasteiger partial charge in [-0.15, -0.1) is 0 Å². The zero-order chi connectivity index (χ0) is 36.0. The van der Waals surface area contributed by atoms with Crippen molar-refractivity contribution in [3.8, 4) is 11.3 Å². The molecule has 9 aromatic carbocycles. The summed E-state index contributed by atoms with van der Waals surface area (Å²) in [6, 6.07) is 64.9. The second kappa shape index (κ2) is 11.6. The predicted molar refractivity (Wildman–Crippen MR) is 232 cm³/mol. The third-order valence-corrected chi connectivity index (χ3v) is 11.6. The minimum atomic E-state index is -0.0267. The minimum absolute atomic E-state index is 0.0267. The van der Waals surface area contributed by atoms with E-state index in [-0.39, 0.29) is 6.71 Å². The van der Waals surface area contributed by atoms with E-state index in [0.29, 0.717) is 0 Å². The second-order valence-corrected chi connectivity index (χ2v) is 14.7. The first-order chi connectivity index (χ1) is 27.2. The van der Waals surface area contributed by atoms with Gasteiger partial charge in [-0.05, 0) is 138 Å². The van der Waals surface area contributed by atoms with Crippen LogP contribution in [0.4, 0.5) is 34.1 Å². The summed E-state index contributed by atoms with van der Waals surface area (Å²) in [6.45, 7) is -0.0267. The molecule has 0 atom stereocenters. The van der Waals surface area contributed by atoms with Crippen molar-refractivity contribution in [2.45, 2.75) is 0 Å². The molecule has 0 saturated heterocycles. The Kier molecular flexibility index (Phi) is 6.40. The van der Waals surface area contributed by atoms with Crippen LogP contribution in [0.15, 0.2) is 188 Å². The molecule has 0 unspecified atom stereocenters. The van der Waals surface area contributed by atoms with Gasteiger partial charge in [-0.2, -0.15) is 0 Å². The van der Waals surface area contributed by atoms with Gasteiger partial charge in [0.1, 0.15) is 6.33 Å². The molecule has 1 aromatic heterocycles. The van der Waals surface area contributed by atoms with Crippen molar-refractivity contribution in [1.82, 2.24) is 9.97 Å². The van der Waals surface area contributed by atoms with E-state index in [9.17, 15) is 0 Å². The van der Waals surface area contributed by atoms with Crippen molar-refractivity contribution in [1.29, 1.82) is 0 Å². The lowest BCUT2D eigenvalue weighted by molar-refractivity contribution is 1.17. The van der Waals surface area contributed by atoms with Crippen LogP contribution >= 0.6 is 0 Å². The lowest BCUT2D eigenvalue weighted by Crippen LogP contribution is -2.61. The first kappa shape index (κ1) is 30.2. The zero-order valence-electron chi connectivity index (χ0n) is 29.8. The van der Waals surface area contributed by atoms with Gasteiger partial charge in [0.2, 0.25) is 0 Å². The molecule has 0 N–H and O–H groups in total. The molecule has 3 heterocycles. The summed E-state index contributed by atoms with van der Waals surface area (Å²) in [5.74, 6) is 0. The lowest BCUT2D eigenvalue weighted by atomic mass is 9.33. The van der Waals surface area contributed by atoms with Gasteiger partial charge in [-0.3, -0.25) is 0 Å². The summed E-state index contributed by atoms with van der Waals surface area (Å²) in [6.07, 6.45) is 3.47. The van der Waals surface area contributed by atoms with E-state index in [1.54, 1.807) is 6.33 Å². The molecule has 12 rings (SSSR count). The first-order valence-corrected chi connectivity index (χ1v) is 18.8. The summed E-state index contributed by atoms with van der Waals surface area (Å²) in [7, 11) is 0. The third-order valence-electron chi connectivity index (χ3n) is 11.6. The molecule has 5 heteroatoms. The van der Waals surface area contributed by atoms with E-state index in [1.165, 1.54) is 70.9 Å². The van der Waals surface area contributed by atoms with E-state index in [4.69, 9.17) is 4.98 Å². The average molecular weight is 699 g/mol. The van der Waals surface area contributed by atoms with E-state index in [1.807, 2.05) is 12.3 Å². The maximum atomic E-state index is 4.79. The number of aromatic nitrogens is 2. The van der Waals surface area contributed by atoms with Crippen LogP contribution in [0.25, 0.3) is 54.3 Å². The number of nitrogens with zero attached hydrogens (tertiary/aromatic N) is 4. The third kappa shape index (κ3) is 4.60. The second-order valence-electron chi connectivity index (χ2n) is 14.7. The molecule has 0 amide bonds. The Morgan fingerprint density at radius 3 is 1.25 bits per heavy atom. The fourth-order valence-corrected chi connectivity index (χ4v) is 9.19. The van der Waals surface area contributed by atoms with Crippen molar-refractivity contribution in [3.05, 3.63) is 188 Å². The molecule has 2 aliphatic rings. The number of hydrogen-bond acceptors (Lipinski definition) is 4. The molecule has 0 spiro atoms. The smallest absolute Gasteiger partial charge is 0.252 e. The molecular weight excluding hydrogens is 667 g/mol. The summed E-state index contributed by atoms with van der Waals surface area (Å²) in [4.78, 5) is 14.0. The van der Waals surface area contributed by atoms with Crippen molar-refractivity contribution in [2.24, 2.45) is 0 Å². The molecule has 0 saturated carbocycles. The Morgan fingerprint density at radius 1 is 0.382 bits per heavy atom. The summed E-state index contributed by atoms with van der Waals surface area (Å²) < 4.78 is 0. The highest BCUT2D eigenvalue weighted by atomic mass is 15.2. The molecule has 0 aliphatic carbocycles. The van der Waals surface area contributed by atoms with Gasteiger partial charge in [0.05, 0.1) is 5.69 Å². The fourth-order valence-electron chi connectivity index (χ4n) is 9.19. The normalized spacial score (nSPS) is 13.0. The van der Waals surface area contributed by atoms with E-state index >= 15 is 0 Å². The molecule has 0 radical (unpaired) electrons. The fraction of sp³-hybridized carbons (Fsp3) is 0. The topological polar surface area (TPSA) is 32.3 Å². The average Bonchev–Trinajstić information content (AvgIpc) is 3.24. The number of hydrogen-bond donors (Lipinski definition) is 0. The van der Waals surface area contributed by atoms with Crippen LogP contribution < -0.4 is 26.2 Å². The Bertz CT molecular complexity index is 2970. The molecule has 10 aromatic rings. The molecule has 0 bridgehead atoms. The van der Waals surface area contributed by atoms with Crippen LogP contribution in [0, 0.1) is 0 Å². The monoisotopic (exact) mass is 698 g/mol. The predicted octanol–water partition coefficient (Wildman–Crippen LogP) is 10.8. The highest BCUT2D eigenvalue weighted by molar-refractivity contribution is 7.00. The number of anilines is 6. The van der Waals surface area contributed by atoms with E-state index in [2.05, 4.69) is 185 Å². The first-order valence-electron chi connectivity index (χ1n) is 18.8. The maximum Gasteiger partial charge on any atom is 0.252 e. The maximum absolute atomic E-state index is 4.79. The summed E-state index contributed by atoms with van der Waals surface area (Å²) >= 11 is 0. The van der Waals surface area contributed by atoms with Gasteiger partial charge >= 0.3 is 0 Å². The molecule has 55 heavy (non-hydrogen) atoms. The van der Waals surface area contributed by atoms with Crippen LogP contribution in [0.5, 0.6) is 0 Å². The number of fused-ring (bicyclic) bond motifs is 8. The highest BCUT2D eigenvalue weighted by Gasteiger charge is 2.44. The largest absolute Gasteiger partial charge is 0.311 e. The quantitative estimate of drug-likeness (QED) is 0.136. The van der Waals surface area contributed by atoms with Crippen LogP contribution in [-0.2, 0) is 0 Å². The SMILES string of the molecule is c1ccc(N2c3cc4cc5ccccc5cc4cc3B3c4cc5cc6ccccc6cc5cc4N(c4ccccc4)c4cc(-c5ccncn5)cc2c43)cc1. The van der Waals surface area contributed by atoms with Gasteiger partial charge in [-0.1, -0.05) is 97.1 Å². The van der Waals surface area contributed by atoms with E-state index in [0.717, 1.165) is 34.0 Å². The van der Waals surface area contributed by atoms with Gasteiger partial charge < -0.3 is 9.80 Å². The Labute approximate surface area is 318 Å². The Morgan fingerprint density at radius 2 is 0.818 bits per heavy atom. The van der Waals surface area contributed by atoms with Gasteiger partial charge in [0.25, 0.3) is 6.71 Å². The number of benzene rings is 9. The van der Waals surface area contributed by atoms with Gasteiger partial charge in [0.15, 0.2) is 0 Å². The summed E-state index contributed by atoms with van der Waals surface area (Å²) in [5.41, 5.74) is 12.7. The molecule has 0 fully saturated rings. The zero-order valence-corrected chi connectivity index (χ0v) is 29.8. The van der Waals surface area contributed by atoms with Crippen molar-refractivity contribution < 1.29 is 0 Å². The minimum Gasteiger partial charge on any atom is -0.311 e. The standard InChI is InChI=1S/C50H31BN4/c1-3-15-41(16-4-1)54-46-27-38-23-34-13-9-7-11-32(34)21-36(38)25-43(46)51-44-26-37-22-33-12-8-10-14-35(33)24-39(37)28-47(44)55(42-17-5-2-6-18-42)49-30-40(29-48(54)50(49)51)45-19-20-52-31-53-45/h1-31H. The van der Waals surface area contributed by atoms with Crippen molar-refractivity contribution in [2.75, 3.05) is 9.80 Å². The molecule has 4 nitrogen and oxygen atoms in total. The summed E-state index contributed by atoms with van der Waals surface area (Å²) in [5, 5.41) is 9.91. The lowest BCUT2D eigenvalue weighted by Gasteiger charge is -2.44. The molecule has 2 aliphatic heterocycles. The number of para-hydroxylation sites is 2. The number of rotatable bonds is 3. The van der Waals surface area contributed by atoms with Crippen LogP contribution in [0.2, 0.25) is 0 Å². The van der Waals surface area contributed by atoms with Crippen LogP contribution in [-0.4, -0.2) is 16.7 Å². The van der Waals surface area contributed by atoms with E-state index < -0.39 is 0 Å². The van der Waals surface area contributed by atoms with Gasteiger partial charge in [0, 0.05) is 45.9 Å². The van der Waals surface area contributed by atoms with Crippen molar-refractivity contribution >= 4 is 100 Å². The Balaban J connectivity index is 1.25. The highest BCUT2D eigenvalue weighted by Crippen LogP contribution is 2.47.